The average Bonchev–Trinajstić information content (AvgIpc) is 3.38. The van der Waals surface area contributed by atoms with Crippen molar-refractivity contribution in [3.8, 4) is 22.8 Å². The molecule has 1 amide bonds. The van der Waals surface area contributed by atoms with Gasteiger partial charge in [0.2, 0.25) is 5.91 Å². The lowest BCUT2D eigenvalue weighted by atomic mass is 9.95. The van der Waals surface area contributed by atoms with Gasteiger partial charge in [-0.25, -0.2) is 9.37 Å². The van der Waals surface area contributed by atoms with Crippen LogP contribution in [0, 0.1) is 11.2 Å². The summed E-state index contributed by atoms with van der Waals surface area (Å²) in [5, 5.41) is 10.2. The maximum absolute atomic E-state index is 15.7. The summed E-state index contributed by atoms with van der Waals surface area (Å²) >= 11 is 0. The predicted octanol–water partition coefficient (Wildman–Crippen LogP) is 4.69. The molecule has 0 saturated carbocycles. The van der Waals surface area contributed by atoms with Gasteiger partial charge in [-0.3, -0.25) is 19.9 Å². The van der Waals surface area contributed by atoms with Crippen LogP contribution < -0.4 is 5.32 Å². The number of hydrogen-bond donors (Lipinski definition) is 3. The summed E-state index contributed by atoms with van der Waals surface area (Å²) in [6, 6.07) is 9.20. The molecule has 0 atom stereocenters. The summed E-state index contributed by atoms with van der Waals surface area (Å²) in [4.78, 5) is 28.4. The van der Waals surface area contributed by atoms with Gasteiger partial charge in [0.1, 0.15) is 11.4 Å². The molecular weight excluding hydrogens is 409 g/mol. The van der Waals surface area contributed by atoms with Crippen LogP contribution in [-0.4, -0.2) is 36.0 Å². The molecule has 160 valence electrons. The molecule has 0 aliphatic rings. The lowest BCUT2D eigenvalue weighted by molar-refractivity contribution is -0.123. The zero-order valence-corrected chi connectivity index (χ0v) is 17.7. The fourth-order valence-electron chi connectivity index (χ4n) is 3.37. The first-order valence-electron chi connectivity index (χ1n) is 10.1. The molecule has 3 N–H and O–H groups in total. The zero-order chi connectivity index (χ0) is 22.5. The maximum Gasteiger partial charge on any atom is 0.229 e. The second-order valence-corrected chi connectivity index (χ2v) is 8.55. The molecule has 0 spiro atoms. The topological polar surface area (TPSA) is 112 Å². The van der Waals surface area contributed by atoms with Gasteiger partial charge in [-0.15, -0.1) is 0 Å². The number of aromatic amines is 2. The molecule has 0 unspecified atom stereocenters. The molecule has 32 heavy (non-hydrogen) atoms. The molecule has 0 radical (unpaired) electrons. The van der Waals surface area contributed by atoms with E-state index in [9.17, 15) is 4.79 Å². The van der Waals surface area contributed by atoms with Gasteiger partial charge < -0.3 is 10.3 Å². The van der Waals surface area contributed by atoms with Crippen LogP contribution in [-0.2, 0) is 4.79 Å². The lowest BCUT2D eigenvalue weighted by Crippen LogP contribution is -2.27. The first-order chi connectivity index (χ1) is 15.3. The number of para-hydroxylation sites is 2. The highest BCUT2D eigenvalue weighted by atomic mass is 19.1. The fourth-order valence-corrected chi connectivity index (χ4v) is 3.37. The molecule has 0 saturated heterocycles. The van der Waals surface area contributed by atoms with E-state index in [1.807, 2.05) is 45.0 Å². The maximum atomic E-state index is 15.7. The van der Waals surface area contributed by atoms with Gasteiger partial charge in [-0.1, -0.05) is 32.9 Å². The van der Waals surface area contributed by atoms with Crippen molar-refractivity contribution in [1.29, 1.82) is 0 Å². The molecule has 5 rings (SSSR count). The van der Waals surface area contributed by atoms with Crippen molar-refractivity contribution >= 4 is 33.5 Å². The Bertz CT molecular complexity index is 1450. The molecule has 5 aromatic rings. The van der Waals surface area contributed by atoms with Crippen LogP contribution in [0.4, 0.5) is 10.1 Å². The Labute approximate surface area is 182 Å². The minimum absolute atomic E-state index is 0.107. The highest BCUT2D eigenvalue weighted by molar-refractivity contribution is 5.96. The van der Waals surface area contributed by atoms with E-state index in [2.05, 4.69) is 35.5 Å². The van der Waals surface area contributed by atoms with E-state index < -0.39 is 11.2 Å². The Hall–Kier alpha value is -4.14. The smallest absolute Gasteiger partial charge is 0.229 e. The third kappa shape index (κ3) is 3.37. The Kier molecular flexibility index (Phi) is 4.47. The van der Waals surface area contributed by atoms with Crippen LogP contribution in [0.15, 0.2) is 48.9 Å². The van der Waals surface area contributed by atoms with Crippen LogP contribution in [0.2, 0.25) is 0 Å². The van der Waals surface area contributed by atoms with E-state index in [-0.39, 0.29) is 17.0 Å². The summed E-state index contributed by atoms with van der Waals surface area (Å²) in [6.45, 7) is 5.44. The molecule has 9 heteroatoms. The van der Waals surface area contributed by atoms with Gasteiger partial charge in [0.25, 0.3) is 0 Å². The monoisotopic (exact) mass is 429 g/mol. The van der Waals surface area contributed by atoms with Gasteiger partial charge in [-0.05, 0) is 18.2 Å². The summed E-state index contributed by atoms with van der Waals surface area (Å²) in [5.74, 6) is -0.257. The molecule has 8 nitrogen and oxygen atoms in total. The van der Waals surface area contributed by atoms with Crippen molar-refractivity contribution in [2.45, 2.75) is 20.8 Å². The Morgan fingerprint density at radius 3 is 2.66 bits per heavy atom. The van der Waals surface area contributed by atoms with Crippen molar-refractivity contribution in [3.05, 3.63) is 54.7 Å². The van der Waals surface area contributed by atoms with E-state index in [4.69, 9.17) is 0 Å². The number of aromatic nitrogens is 6. The van der Waals surface area contributed by atoms with E-state index >= 15 is 4.39 Å². The van der Waals surface area contributed by atoms with E-state index in [1.54, 1.807) is 6.07 Å². The SMILES string of the molecule is CC(C)(C)C(=O)Nc1cncc(-c2ncc3[nH]nc(-c4nc5ccccc5[nH]4)c3c2F)c1. The number of amides is 1. The number of carbonyl (C=O) groups excluding carboxylic acids is 1. The highest BCUT2D eigenvalue weighted by Gasteiger charge is 2.23. The Morgan fingerprint density at radius 1 is 1.06 bits per heavy atom. The van der Waals surface area contributed by atoms with Crippen molar-refractivity contribution < 1.29 is 9.18 Å². The number of imidazole rings is 1. The number of nitrogens with one attached hydrogen (secondary N) is 3. The van der Waals surface area contributed by atoms with Gasteiger partial charge >= 0.3 is 0 Å². The molecule has 1 aromatic carbocycles. The highest BCUT2D eigenvalue weighted by Crippen LogP contribution is 2.33. The lowest BCUT2D eigenvalue weighted by Gasteiger charge is -2.17. The third-order valence-corrected chi connectivity index (χ3v) is 5.11. The first kappa shape index (κ1) is 19.8. The van der Waals surface area contributed by atoms with Gasteiger partial charge in [0, 0.05) is 17.2 Å². The average molecular weight is 429 g/mol. The molecule has 0 fully saturated rings. The number of H-pyrrole nitrogens is 2. The van der Waals surface area contributed by atoms with Gasteiger partial charge in [0.05, 0.1) is 40.0 Å². The molecule has 0 aliphatic heterocycles. The van der Waals surface area contributed by atoms with E-state index in [0.29, 0.717) is 28.3 Å². The number of halogens is 1. The van der Waals surface area contributed by atoms with Crippen molar-refractivity contribution in [2.24, 2.45) is 5.41 Å². The fraction of sp³-hybridized carbons (Fsp3) is 0.174. The molecule has 4 aromatic heterocycles. The van der Waals surface area contributed by atoms with Crippen LogP contribution in [0.25, 0.3) is 44.7 Å². The van der Waals surface area contributed by atoms with Crippen LogP contribution in [0.3, 0.4) is 0 Å². The van der Waals surface area contributed by atoms with Crippen LogP contribution >= 0.6 is 0 Å². The molecular formula is C23H20FN7O. The minimum Gasteiger partial charge on any atom is -0.337 e. The number of nitrogens with zero attached hydrogens (tertiary/aromatic N) is 4. The Balaban J connectivity index is 1.59. The van der Waals surface area contributed by atoms with Crippen molar-refractivity contribution in [3.63, 3.8) is 0 Å². The predicted molar refractivity (Wildman–Crippen MR) is 120 cm³/mol. The second kappa shape index (κ2) is 7.23. The molecule has 4 heterocycles. The number of rotatable bonds is 3. The van der Waals surface area contributed by atoms with Gasteiger partial charge in [-0.2, -0.15) is 5.10 Å². The number of pyridine rings is 2. The number of anilines is 1. The second-order valence-electron chi connectivity index (χ2n) is 8.55. The third-order valence-electron chi connectivity index (χ3n) is 5.11. The van der Waals surface area contributed by atoms with Crippen LogP contribution in [0.5, 0.6) is 0 Å². The first-order valence-corrected chi connectivity index (χ1v) is 10.1. The molecule has 0 bridgehead atoms. The normalized spacial score (nSPS) is 11.9. The Morgan fingerprint density at radius 2 is 1.88 bits per heavy atom. The van der Waals surface area contributed by atoms with Gasteiger partial charge in [0.15, 0.2) is 11.6 Å². The number of hydrogen-bond acceptors (Lipinski definition) is 5. The zero-order valence-electron chi connectivity index (χ0n) is 17.7. The summed E-state index contributed by atoms with van der Waals surface area (Å²) in [6.07, 6.45) is 4.54. The van der Waals surface area contributed by atoms with E-state index in [1.165, 1.54) is 18.6 Å². The van der Waals surface area contributed by atoms with Crippen molar-refractivity contribution in [2.75, 3.05) is 5.32 Å². The van der Waals surface area contributed by atoms with Crippen LogP contribution in [0.1, 0.15) is 20.8 Å². The number of carbonyl (C=O) groups is 1. The summed E-state index contributed by atoms with van der Waals surface area (Å²) in [7, 11) is 0. The number of benzene rings is 1. The van der Waals surface area contributed by atoms with Crippen molar-refractivity contribution in [1.82, 2.24) is 30.1 Å². The quantitative estimate of drug-likeness (QED) is 0.385. The summed E-state index contributed by atoms with van der Waals surface area (Å²) < 4.78 is 15.7. The number of fused-ring (bicyclic) bond motifs is 2. The van der Waals surface area contributed by atoms with E-state index in [0.717, 1.165) is 11.0 Å². The minimum atomic E-state index is -0.573. The summed E-state index contributed by atoms with van der Waals surface area (Å²) in [5.41, 5.74) is 2.85. The molecule has 0 aliphatic carbocycles. The largest absolute Gasteiger partial charge is 0.337 e. The standard InChI is InChI=1S/C23H20FN7O/c1-23(2,3)22(32)27-13-8-12(9-25-10-13)19-18(24)17-16(11-26-19)30-31-20(17)21-28-14-6-4-5-7-15(14)29-21/h4-11H,1-3H3,(H,27,32)(H,28,29)(H,30,31).